The molecule has 0 spiro atoms. The number of hydrogen-bond donors (Lipinski definition) is 0. The largest absolute Gasteiger partial charge is 0.464 e. The number of rotatable bonds is 9. The molecular weight excluding hydrogens is 1400 g/mol. The first-order valence-electron chi connectivity index (χ1n) is 40.0. The highest BCUT2D eigenvalue weighted by molar-refractivity contribution is 6.99. The van der Waals surface area contributed by atoms with Crippen molar-refractivity contribution in [3.05, 3.63) is 357 Å². The molecule has 7 heterocycles. The van der Waals surface area contributed by atoms with Crippen molar-refractivity contribution in [3.8, 4) is 113 Å². The molecule has 544 valence electrons. The van der Waals surface area contributed by atoms with Crippen molar-refractivity contribution in [1.29, 1.82) is 0 Å². The molecule has 0 bridgehead atoms. The second-order valence-electron chi connectivity index (χ2n) is 33.5. The van der Waals surface area contributed by atoms with Gasteiger partial charge in [0.2, 0.25) is 0 Å². The third kappa shape index (κ3) is 10.5. The van der Waals surface area contributed by atoms with Crippen molar-refractivity contribution in [3.63, 3.8) is 0 Å². The zero-order chi connectivity index (χ0) is 76.7. The Hall–Kier alpha value is -14.0. The van der Waals surface area contributed by atoms with E-state index in [4.69, 9.17) is 18.6 Å². The van der Waals surface area contributed by atoms with E-state index >= 15 is 0 Å². The van der Waals surface area contributed by atoms with Crippen molar-refractivity contribution in [2.75, 3.05) is 4.90 Å². The van der Waals surface area contributed by atoms with Gasteiger partial charge in [0.05, 0.1) is 28.3 Å². The molecule has 4 aliphatic heterocycles. The van der Waals surface area contributed by atoms with Crippen LogP contribution in [0.1, 0.15) is 52.7 Å². The maximum absolute atomic E-state index is 8.03. The van der Waals surface area contributed by atoms with Gasteiger partial charge >= 0.3 is 0 Å². The molecule has 0 atom stereocenters. The van der Waals surface area contributed by atoms with Gasteiger partial charge in [-0.2, -0.15) is 0 Å². The SMILES string of the molecule is CC(C)(C)c1ccc2c(c1)c1cc(C(C)(C)C)ccc1n2-c1ccc2c(c1)Oc1cc(-c3cc4c5c(c3-c3ccccc3-c3ccccc3)Oc3ccc(-c6ccc7occc7c6)cc3B5c3ccccc3O4)cc3c1B2c1ccc(-n2c4ccccc4c4ccccc42)cc1N3c1cc(-c2ccccc2)cc(-c2ccccc2)c1. The molecule has 23 rings (SSSR count). The van der Waals surface area contributed by atoms with Crippen molar-refractivity contribution in [2.24, 2.45) is 0 Å². The molecule has 0 N–H and O–H groups in total. The van der Waals surface area contributed by atoms with Crippen LogP contribution in [-0.2, 0) is 10.8 Å². The summed E-state index contributed by atoms with van der Waals surface area (Å²) in [6.45, 7) is 13.3. The lowest BCUT2D eigenvalue weighted by Gasteiger charge is -2.41. The number of nitrogens with zero attached hydrogens (tertiary/aromatic N) is 3. The molecule has 19 aromatic rings. The Bertz CT molecular complexity index is 7120. The molecule has 9 heteroatoms. The number of benzene rings is 16. The first-order valence-corrected chi connectivity index (χ1v) is 40.0. The monoisotopic (exact) mass is 1480 g/mol. The van der Waals surface area contributed by atoms with E-state index < -0.39 is 0 Å². The lowest BCUT2D eigenvalue weighted by molar-refractivity contribution is 0.466. The smallest absolute Gasteiger partial charge is 0.260 e. The van der Waals surface area contributed by atoms with Crippen LogP contribution in [0, 0.1) is 0 Å². The van der Waals surface area contributed by atoms with E-state index in [0.717, 1.165) is 196 Å². The molecule has 0 fully saturated rings. The fraction of sp³-hybridized carbons (Fsp3) is 0.0755. The van der Waals surface area contributed by atoms with E-state index in [1.54, 1.807) is 6.26 Å². The fourth-order valence-corrected chi connectivity index (χ4v) is 19.1. The number of ether oxygens (including phenoxy) is 3. The summed E-state index contributed by atoms with van der Waals surface area (Å²) in [7, 11) is 0. The Balaban J connectivity index is 0.823. The fourth-order valence-electron chi connectivity index (χ4n) is 19.1. The second-order valence-corrected chi connectivity index (χ2v) is 33.5. The Morgan fingerprint density at radius 1 is 0.278 bits per heavy atom. The summed E-state index contributed by atoms with van der Waals surface area (Å²) >= 11 is 0. The van der Waals surface area contributed by atoms with Crippen molar-refractivity contribution < 1.29 is 18.6 Å². The molecular formula is C106H75B2N3O4. The van der Waals surface area contributed by atoms with E-state index in [2.05, 4.69) is 389 Å². The Morgan fingerprint density at radius 2 is 0.817 bits per heavy atom. The van der Waals surface area contributed by atoms with Crippen molar-refractivity contribution in [1.82, 2.24) is 9.13 Å². The van der Waals surface area contributed by atoms with Gasteiger partial charge in [-0.1, -0.05) is 254 Å². The first-order chi connectivity index (χ1) is 56.3. The van der Waals surface area contributed by atoms with Crippen LogP contribution >= 0.6 is 0 Å². The standard InChI is InChI=1S/C106H75B2N3O4/c1-105(2,3)73-40-46-91-83(59-73)84-60-74(106(4,5)6)41-47-92(84)110(91)76-43-45-87-98(62-76)114-99-58-72(82-63-100-103-104(101(82)81-33-17-16-30-78(81)66-28-14-9-15-29-66)115-97-49-39-68(67-38-48-95-69(52-67)50-51-112-95)56-88(97)108(103)86-34-20-23-37-96(86)113-100)57-94-102(99)107(87)85-44-42-75(109-89-35-21-18-31-79(89)80-32-19-22-36-90(80)109)61-93(85)111(94)77-54-70(64-24-10-7-11-25-64)53-71(55-77)65-26-12-8-13-27-65/h7-63H,1-6H3. The van der Waals surface area contributed by atoms with Crippen LogP contribution in [0.5, 0.6) is 34.5 Å². The quantitative estimate of drug-likeness (QED) is 0.135. The minimum absolute atomic E-state index is 0.0653. The maximum Gasteiger partial charge on any atom is 0.260 e. The lowest BCUT2D eigenvalue weighted by Crippen LogP contribution is -2.59. The van der Waals surface area contributed by atoms with Crippen LogP contribution in [0.2, 0.25) is 0 Å². The number of aromatic nitrogens is 2. The molecule has 0 aliphatic carbocycles. The molecule has 3 aromatic heterocycles. The molecule has 0 amide bonds. The molecule has 7 nitrogen and oxygen atoms in total. The normalized spacial score (nSPS) is 13.1. The Labute approximate surface area is 668 Å². The molecule has 115 heavy (non-hydrogen) atoms. The van der Waals surface area contributed by atoms with Crippen LogP contribution < -0.4 is 51.9 Å². The predicted octanol–water partition coefficient (Wildman–Crippen LogP) is 24.4. The van der Waals surface area contributed by atoms with E-state index in [0.29, 0.717) is 0 Å². The van der Waals surface area contributed by atoms with Crippen LogP contribution in [0.15, 0.2) is 350 Å². The number of furan rings is 1. The third-order valence-electron chi connectivity index (χ3n) is 24.7. The summed E-state index contributed by atoms with van der Waals surface area (Å²) < 4.78 is 34.1. The highest BCUT2D eigenvalue weighted by atomic mass is 16.5. The van der Waals surface area contributed by atoms with Crippen LogP contribution in [0.3, 0.4) is 0 Å². The maximum atomic E-state index is 8.03. The summed E-state index contributed by atoms with van der Waals surface area (Å²) in [5, 5.41) is 5.91. The van der Waals surface area contributed by atoms with E-state index in [-0.39, 0.29) is 24.3 Å². The van der Waals surface area contributed by atoms with Gasteiger partial charge < -0.3 is 32.7 Å². The first kappa shape index (κ1) is 66.7. The Morgan fingerprint density at radius 3 is 1.50 bits per heavy atom. The summed E-state index contributed by atoms with van der Waals surface area (Å²) in [4.78, 5) is 2.56. The zero-order valence-electron chi connectivity index (χ0n) is 64.5. The Kier molecular flexibility index (Phi) is 14.7. The third-order valence-corrected chi connectivity index (χ3v) is 24.7. The number of para-hydroxylation sites is 3. The molecule has 0 saturated heterocycles. The van der Waals surface area contributed by atoms with Gasteiger partial charge in [-0.3, -0.25) is 0 Å². The van der Waals surface area contributed by atoms with Crippen molar-refractivity contribution in [2.45, 2.75) is 52.4 Å². The van der Waals surface area contributed by atoms with E-state index in [1.807, 2.05) is 6.07 Å². The second kappa shape index (κ2) is 25.2. The number of anilines is 3. The average molecular weight is 1480 g/mol. The molecule has 0 unspecified atom stereocenters. The molecule has 0 radical (unpaired) electrons. The molecule has 0 saturated carbocycles. The summed E-state index contributed by atoms with van der Waals surface area (Å²) in [5.74, 6) is 4.59. The van der Waals surface area contributed by atoms with Crippen LogP contribution in [0.4, 0.5) is 17.1 Å². The number of fused-ring (bicyclic) bond motifs is 15. The average Bonchev–Trinajstić information content (AvgIpc) is 0.946. The molecule has 4 aliphatic rings. The van der Waals surface area contributed by atoms with Gasteiger partial charge in [0.25, 0.3) is 13.4 Å². The highest BCUT2D eigenvalue weighted by Crippen LogP contribution is 2.54. The zero-order valence-corrected chi connectivity index (χ0v) is 64.5. The van der Waals surface area contributed by atoms with Crippen molar-refractivity contribution >= 4 is 118 Å². The predicted molar refractivity (Wildman–Crippen MR) is 478 cm³/mol. The lowest BCUT2D eigenvalue weighted by atomic mass is 9.34. The van der Waals surface area contributed by atoms with Gasteiger partial charge in [-0.25, -0.2) is 0 Å². The minimum Gasteiger partial charge on any atom is -0.464 e. The van der Waals surface area contributed by atoms with Gasteiger partial charge in [0.15, 0.2) is 0 Å². The van der Waals surface area contributed by atoms with Gasteiger partial charge in [0, 0.05) is 72.5 Å². The summed E-state index contributed by atoms with van der Waals surface area (Å²) in [5.41, 5.74) is 31.9. The van der Waals surface area contributed by atoms with E-state index in [9.17, 15) is 0 Å². The van der Waals surface area contributed by atoms with Crippen LogP contribution in [-0.4, -0.2) is 22.6 Å². The molecule has 16 aromatic carbocycles. The highest BCUT2D eigenvalue weighted by Gasteiger charge is 2.46. The van der Waals surface area contributed by atoms with Gasteiger partial charge in [-0.05, 0) is 232 Å². The van der Waals surface area contributed by atoms with Crippen LogP contribution in [0.25, 0.3) is 133 Å². The van der Waals surface area contributed by atoms with E-state index in [1.165, 1.54) is 32.7 Å². The summed E-state index contributed by atoms with van der Waals surface area (Å²) in [6, 6.07) is 125. The topological polar surface area (TPSA) is 53.9 Å². The van der Waals surface area contributed by atoms with Gasteiger partial charge in [0.1, 0.15) is 40.1 Å². The summed E-state index contributed by atoms with van der Waals surface area (Å²) in [6.07, 6.45) is 1.76. The van der Waals surface area contributed by atoms with Gasteiger partial charge in [-0.15, -0.1) is 0 Å². The minimum atomic E-state index is -0.307. The number of hydrogen-bond acceptors (Lipinski definition) is 5.